The molecule has 136 valence electrons. The summed E-state index contributed by atoms with van der Waals surface area (Å²) in [7, 11) is 1.95. The number of piperidine rings is 1. The van der Waals surface area contributed by atoms with E-state index in [4.69, 9.17) is 5.10 Å². The molecule has 4 aromatic rings. The lowest BCUT2D eigenvalue weighted by atomic mass is 9.92. The minimum absolute atomic E-state index is 0.454. The number of hydrogen-bond acceptors (Lipinski definition) is 5. The Bertz CT molecular complexity index is 1090. The Balaban J connectivity index is 1.33. The molecule has 4 heterocycles. The van der Waals surface area contributed by atoms with Gasteiger partial charge >= 0.3 is 0 Å². The van der Waals surface area contributed by atoms with E-state index in [9.17, 15) is 0 Å². The molecule has 0 atom stereocenters. The maximum Gasteiger partial charge on any atom is 0.176 e. The molecule has 0 spiro atoms. The van der Waals surface area contributed by atoms with Crippen LogP contribution >= 0.6 is 0 Å². The first kappa shape index (κ1) is 16.3. The zero-order chi connectivity index (χ0) is 18.2. The van der Waals surface area contributed by atoms with Crippen LogP contribution in [0.5, 0.6) is 0 Å². The van der Waals surface area contributed by atoms with Gasteiger partial charge in [0.15, 0.2) is 5.65 Å². The average molecular weight is 358 g/mol. The van der Waals surface area contributed by atoms with E-state index >= 15 is 0 Å². The molecule has 0 radical (unpaired) electrons. The molecule has 1 aliphatic heterocycles. The van der Waals surface area contributed by atoms with Crippen molar-refractivity contribution in [1.29, 1.82) is 0 Å². The van der Waals surface area contributed by atoms with Gasteiger partial charge in [0.05, 0.1) is 11.2 Å². The van der Waals surface area contributed by atoms with Gasteiger partial charge in [0.25, 0.3) is 0 Å². The summed E-state index contributed by atoms with van der Waals surface area (Å²) in [6, 6.07) is 10.6. The van der Waals surface area contributed by atoms with Crippen molar-refractivity contribution in [3.8, 4) is 0 Å². The highest BCUT2D eigenvalue weighted by Gasteiger charge is 2.26. The molecule has 1 saturated heterocycles. The van der Waals surface area contributed by atoms with Gasteiger partial charge in [0, 0.05) is 43.5 Å². The first-order valence-corrected chi connectivity index (χ1v) is 9.48. The Labute approximate surface area is 157 Å². The second kappa shape index (κ2) is 6.70. The molecular weight excluding hydrogens is 336 g/mol. The van der Waals surface area contributed by atoms with E-state index in [1.54, 1.807) is 12.4 Å². The Morgan fingerprint density at radius 3 is 2.70 bits per heavy atom. The summed E-state index contributed by atoms with van der Waals surface area (Å²) in [5, 5.41) is 5.99. The Morgan fingerprint density at radius 2 is 1.81 bits per heavy atom. The van der Waals surface area contributed by atoms with Crippen molar-refractivity contribution in [3.05, 3.63) is 60.2 Å². The molecule has 0 saturated carbocycles. The van der Waals surface area contributed by atoms with Crippen molar-refractivity contribution in [2.75, 3.05) is 13.1 Å². The number of likely N-dealkylation sites (tertiary alicyclic amines) is 1. The van der Waals surface area contributed by atoms with Gasteiger partial charge in [0.2, 0.25) is 0 Å². The predicted molar refractivity (Wildman–Crippen MR) is 105 cm³/mol. The monoisotopic (exact) mass is 358 g/mol. The van der Waals surface area contributed by atoms with Gasteiger partial charge < -0.3 is 0 Å². The Kier molecular flexibility index (Phi) is 4.05. The molecule has 1 fully saturated rings. The largest absolute Gasteiger partial charge is 0.299 e. The fourth-order valence-corrected chi connectivity index (χ4v) is 4.19. The van der Waals surface area contributed by atoms with E-state index in [1.165, 1.54) is 10.9 Å². The lowest BCUT2D eigenvalue weighted by molar-refractivity contribution is 0.204. The van der Waals surface area contributed by atoms with Gasteiger partial charge in [-0.05, 0) is 43.6 Å². The highest BCUT2D eigenvalue weighted by atomic mass is 15.3. The molecule has 1 aromatic carbocycles. The lowest BCUT2D eigenvalue weighted by Crippen LogP contribution is -2.32. The molecule has 0 aliphatic carbocycles. The summed E-state index contributed by atoms with van der Waals surface area (Å²) in [5.74, 6) is 0.454. The van der Waals surface area contributed by atoms with Gasteiger partial charge in [-0.2, -0.15) is 5.10 Å². The molecule has 0 amide bonds. The fraction of sp³-hybridized carbons (Fsp3) is 0.333. The minimum Gasteiger partial charge on any atom is -0.299 e. The number of fused-ring (bicyclic) bond motifs is 2. The molecule has 1 aliphatic rings. The molecule has 0 N–H and O–H groups in total. The van der Waals surface area contributed by atoms with Gasteiger partial charge in [-0.3, -0.25) is 9.88 Å². The van der Waals surface area contributed by atoms with E-state index in [1.807, 2.05) is 24.0 Å². The first-order valence-electron chi connectivity index (χ1n) is 9.48. The molecule has 6 nitrogen and oxygen atoms in total. The number of nitrogens with zero attached hydrogens (tertiary/aromatic N) is 6. The van der Waals surface area contributed by atoms with Gasteiger partial charge in [-0.25, -0.2) is 14.6 Å². The standard InChI is InChI=1S/C21H22N6/c1-26-21-20(23-10-11-24-21)19(25-26)15-7-12-27(13-8-15)14-16-4-2-6-18-17(16)5-3-9-22-18/h2-6,9-11,15H,7-8,12-14H2,1H3. The second-order valence-electron chi connectivity index (χ2n) is 7.28. The van der Waals surface area contributed by atoms with Crippen LogP contribution in [0, 0.1) is 0 Å². The summed E-state index contributed by atoms with van der Waals surface area (Å²) in [5.41, 5.74) is 5.36. The van der Waals surface area contributed by atoms with Gasteiger partial charge in [-0.1, -0.05) is 18.2 Å². The minimum atomic E-state index is 0.454. The van der Waals surface area contributed by atoms with E-state index in [0.29, 0.717) is 5.92 Å². The van der Waals surface area contributed by atoms with Crippen LogP contribution in [0.4, 0.5) is 0 Å². The predicted octanol–water partition coefficient (Wildman–Crippen LogP) is 3.29. The molecule has 27 heavy (non-hydrogen) atoms. The van der Waals surface area contributed by atoms with Crippen LogP contribution in [0.15, 0.2) is 48.9 Å². The summed E-state index contributed by atoms with van der Waals surface area (Å²) in [4.78, 5) is 16.0. The topological polar surface area (TPSA) is 59.7 Å². The van der Waals surface area contributed by atoms with E-state index in [0.717, 1.165) is 54.9 Å². The number of benzene rings is 1. The quantitative estimate of drug-likeness (QED) is 0.562. The summed E-state index contributed by atoms with van der Waals surface area (Å²) < 4.78 is 1.85. The van der Waals surface area contributed by atoms with Crippen molar-refractivity contribution in [3.63, 3.8) is 0 Å². The molecule has 0 bridgehead atoms. The smallest absolute Gasteiger partial charge is 0.176 e. The van der Waals surface area contributed by atoms with Gasteiger partial charge in [-0.15, -0.1) is 0 Å². The molecule has 5 rings (SSSR count). The fourth-order valence-electron chi connectivity index (χ4n) is 4.19. The third-order valence-corrected chi connectivity index (χ3v) is 5.59. The number of aryl methyl sites for hydroxylation is 1. The molecule has 3 aromatic heterocycles. The number of rotatable bonds is 3. The van der Waals surface area contributed by atoms with Crippen LogP contribution in [0.25, 0.3) is 22.1 Å². The van der Waals surface area contributed by atoms with Crippen LogP contribution in [0.2, 0.25) is 0 Å². The first-order chi connectivity index (χ1) is 13.3. The number of hydrogen-bond donors (Lipinski definition) is 0. The average Bonchev–Trinajstić information content (AvgIpc) is 3.06. The van der Waals surface area contributed by atoms with Crippen molar-refractivity contribution in [2.45, 2.75) is 25.3 Å². The third kappa shape index (κ3) is 2.96. The number of pyridine rings is 1. The second-order valence-corrected chi connectivity index (χ2v) is 7.28. The molecular formula is C21H22N6. The van der Waals surface area contributed by atoms with E-state index in [2.05, 4.69) is 44.1 Å². The summed E-state index contributed by atoms with van der Waals surface area (Å²) >= 11 is 0. The number of aromatic nitrogens is 5. The third-order valence-electron chi connectivity index (χ3n) is 5.59. The summed E-state index contributed by atoms with van der Waals surface area (Å²) in [6.07, 6.45) is 7.56. The van der Waals surface area contributed by atoms with Crippen LogP contribution in [-0.4, -0.2) is 42.7 Å². The highest BCUT2D eigenvalue weighted by molar-refractivity contribution is 5.81. The van der Waals surface area contributed by atoms with Crippen molar-refractivity contribution >= 4 is 22.1 Å². The van der Waals surface area contributed by atoms with Crippen molar-refractivity contribution in [2.24, 2.45) is 7.05 Å². The SMILES string of the molecule is Cn1nc(C2CCN(Cc3cccc4ncccc34)CC2)c2nccnc21. The van der Waals surface area contributed by atoms with Crippen molar-refractivity contribution < 1.29 is 0 Å². The zero-order valence-corrected chi connectivity index (χ0v) is 15.4. The van der Waals surface area contributed by atoms with Crippen molar-refractivity contribution in [1.82, 2.24) is 29.6 Å². The van der Waals surface area contributed by atoms with Gasteiger partial charge in [0.1, 0.15) is 5.52 Å². The van der Waals surface area contributed by atoms with E-state index < -0.39 is 0 Å². The van der Waals surface area contributed by atoms with Crippen LogP contribution in [0.3, 0.4) is 0 Å². The Hall–Kier alpha value is -2.86. The van der Waals surface area contributed by atoms with Crippen LogP contribution < -0.4 is 0 Å². The molecule has 0 unspecified atom stereocenters. The maximum atomic E-state index is 4.73. The Morgan fingerprint density at radius 1 is 0.963 bits per heavy atom. The van der Waals surface area contributed by atoms with E-state index in [-0.39, 0.29) is 0 Å². The maximum absolute atomic E-state index is 4.73. The van der Waals surface area contributed by atoms with Crippen LogP contribution in [0.1, 0.15) is 30.0 Å². The molecule has 6 heteroatoms. The summed E-state index contributed by atoms with van der Waals surface area (Å²) in [6.45, 7) is 3.11. The lowest BCUT2D eigenvalue weighted by Gasteiger charge is -2.31. The van der Waals surface area contributed by atoms with Crippen LogP contribution in [-0.2, 0) is 13.6 Å². The normalized spacial score (nSPS) is 16.3. The zero-order valence-electron chi connectivity index (χ0n) is 15.4. The highest BCUT2D eigenvalue weighted by Crippen LogP contribution is 2.31.